The molecular formula is C17H21BrN2O4S. The molecule has 136 valence electrons. The van der Waals surface area contributed by atoms with Crippen LogP contribution in [-0.4, -0.2) is 41.6 Å². The molecule has 0 aliphatic rings. The number of aromatic nitrogens is 2. The Morgan fingerprint density at radius 1 is 1.36 bits per heavy atom. The Morgan fingerprint density at radius 2 is 2.16 bits per heavy atom. The standard InChI is InChI=1S/C17H21BrN2O4S/c1-3-4-8-24-15(21)11-25-17-19-14-6-5-12(18)10-13(14)16(22)20(17)7-9-23-2/h5-6,10H,3-4,7-9,11H2,1-2H3. The lowest BCUT2D eigenvalue weighted by atomic mass is 10.2. The Kier molecular flexibility index (Phi) is 7.92. The first-order chi connectivity index (χ1) is 12.1. The highest BCUT2D eigenvalue weighted by atomic mass is 79.9. The van der Waals surface area contributed by atoms with Crippen LogP contribution in [0.5, 0.6) is 0 Å². The fourth-order valence-corrected chi connectivity index (χ4v) is 3.34. The van der Waals surface area contributed by atoms with Crippen LogP contribution in [0.1, 0.15) is 19.8 Å². The summed E-state index contributed by atoms with van der Waals surface area (Å²) in [6.07, 6.45) is 1.82. The number of carbonyl (C=O) groups excluding carboxylic acids is 1. The second-order valence-electron chi connectivity index (χ2n) is 5.37. The van der Waals surface area contributed by atoms with Crippen LogP contribution >= 0.6 is 27.7 Å². The van der Waals surface area contributed by atoms with Gasteiger partial charge in [0, 0.05) is 11.6 Å². The third kappa shape index (κ3) is 5.55. The average molecular weight is 429 g/mol. The molecule has 0 aliphatic carbocycles. The summed E-state index contributed by atoms with van der Waals surface area (Å²) >= 11 is 4.58. The van der Waals surface area contributed by atoms with Crippen LogP contribution in [0.3, 0.4) is 0 Å². The molecule has 2 aromatic rings. The number of hydrogen-bond donors (Lipinski definition) is 0. The fourth-order valence-electron chi connectivity index (χ4n) is 2.16. The normalized spacial score (nSPS) is 11.0. The highest BCUT2D eigenvalue weighted by Gasteiger charge is 2.14. The van der Waals surface area contributed by atoms with Crippen LogP contribution < -0.4 is 5.56 Å². The van der Waals surface area contributed by atoms with Gasteiger partial charge in [-0.1, -0.05) is 41.0 Å². The quantitative estimate of drug-likeness (QED) is 0.264. The molecule has 0 N–H and O–H groups in total. The molecule has 0 amide bonds. The molecule has 0 radical (unpaired) electrons. The van der Waals surface area contributed by atoms with Gasteiger partial charge in [-0.3, -0.25) is 14.2 Å². The van der Waals surface area contributed by atoms with Crippen molar-refractivity contribution in [3.05, 3.63) is 33.0 Å². The summed E-state index contributed by atoms with van der Waals surface area (Å²) in [6, 6.07) is 5.37. The number of halogens is 1. The number of thioether (sulfide) groups is 1. The van der Waals surface area contributed by atoms with Crippen LogP contribution in [0.15, 0.2) is 32.6 Å². The van der Waals surface area contributed by atoms with Gasteiger partial charge in [-0.15, -0.1) is 0 Å². The summed E-state index contributed by atoms with van der Waals surface area (Å²) in [5.74, 6) is -0.188. The van der Waals surface area contributed by atoms with E-state index < -0.39 is 0 Å². The summed E-state index contributed by atoms with van der Waals surface area (Å²) in [5, 5.41) is 1.02. The maximum absolute atomic E-state index is 12.8. The van der Waals surface area contributed by atoms with Crippen LogP contribution in [0.4, 0.5) is 0 Å². The molecule has 25 heavy (non-hydrogen) atoms. The third-order valence-corrected chi connectivity index (χ3v) is 4.92. The van der Waals surface area contributed by atoms with E-state index in [-0.39, 0.29) is 17.3 Å². The number of unbranched alkanes of at least 4 members (excludes halogenated alkanes) is 1. The van der Waals surface area contributed by atoms with Crippen molar-refractivity contribution in [2.24, 2.45) is 0 Å². The topological polar surface area (TPSA) is 70.4 Å². The Morgan fingerprint density at radius 3 is 2.88 bits per heavy atom. The number of fused-ring (bicyclic) bond motifs is 1. The molecule has 0 bridgehead atoms. The van der Waals surface area contributed by atoms with Crippen molar-refractivity contribution in [3.8, 4) is 0 Å². The number of ether oxygens (including phenoxy) is 2. The molecule has 0 aliphatic heterocycles. The number of carbonyl (C=O) groups is 1. The third-order valence-electron chi connectivity index (χ3n) is 3.48. The SMILES string of the molecule is CCCCOC(=O)CSc1nc2ccc(Br)cc2c(=O)n1CCOC. The van der Waals surface area contributed by atoms with E-state index in [2.05, 4.69) is 20.9 Å². The molecular weight excluding hydrogens is 408 g/mol. The van der Waals surface area contributed by atoms with Crippen LogP contribution in [0.2, 0.25) is 0 Å². The van der Waals surface area contributed by atoms with Crippen LogP contribution in [-0.2, 0) is 20.8 Å². The molecule has 0 fully saturated rings. The molecule has 0 unspecified atom stereocenters. The van der Waals surface area contributed by atoms with Gasteiger partial charge in [0.2, 0.25) is 0 Å². The minimum absolute atomic E-state index is 0.116. The number of nitrogens with zero attached hydrogens (tertiary/aromatic N) is 2. The predicted molar refractivity (Wildman–Crippen MR) is 102 cm³/mol. The summed E-state index contributed by atoms with van der Waals surface area (Å²) in [5.41, 5.74) is 0.453. The number of methoxy groups -OCH3 is 1. The van der Waals surface area contributed by atoms with Crippen molar-refractivity contribution in [2.75, 3.05) is 26.1 Å². The maximum atomic E-state index is 12.8. The molecule has 6 nitrogen and oxygen atoms in total. The van der Waals surface area contributed by atoms with Crippen LogP contribution in [0, 0.1) is 0 Å². The van der Waals surface area contributed by atoms with E-state index in [9.17, 15) is 9.59 Å². The summed E-state index contributed by atoms with van der Waals surface area (Å²) in [4.78, 5) is 29.1. The maximum Gasteiger partial charge on any atom is 0.316 e. The summed E-state index contributed by atoms with van der Waals surface area (Å²) in [7, 11) is 1.58. The molecule has 0 saturated carbocycles. The number of rotatable bonds is 9. The zero-order chi connectivity index (χ0) is 18.2. The predicted octanol–water partition coefficient (Wildman–Crippen LogP) is 3.24. The van der Waals surface area contributed by atoms with Crippen molar-refractivity contribution < 1.29 is 14.3 Å². The molecule has 1 heterocycles. The van der Waals surface area contributed by atoms with Gasteiger partial charge >= 0.3 is 5.97 Å². The smallest absolute Gasteiger partial charge is 0.316 e. The monoisotopic (exact) mass is 428 g/mol. The second kappa shape index (κ2) is 9.94. The molecule has 0 spiro atoms. The molecule has 0 saturated heterocycles. The molecule has 8 heteroatoms. The summed E-state index contributed by atoms with van der Waals surface area (Å²) in [6.45, 7) is 3.22. The van der Waals surface area contributed by atoms with Crippen molar-refractivity contribution >= 4 is 44.6 Å². The highest BCUT2D eigenvalue weighted by Crippen LogP contribution is 2.20. The number of hydrogen-bond acceptors (Lipinski definition) is 6. The van der Waals surface area contributed by atoms with Gasteiger partial charge in [0.05, 0.1) is 36.4 Å². The van der Waals surface area contributed by atoms with Crippen molar-refractivity contribution in [1.29, 1.82) is 0 Å². The first kappa shape index (κ1) is 19.9. The van der Waals surface area contributed by atoms with Crippen LogP contribution in [0.25, 0.3) is 10.9 Å². The lowest BCUT2D eigenvalue weighted by molar-refractivity contribution is -0.140. The first-order valence-corrected chi connectivity index (χ1v) is 9.82. The number of esters is 1. The van der Waals surface area contributed by atoms with E-state index in [4.69, 9.17) is 9.47 Å². The van der Waals surface area contributed by atoms with E-state index >= 15 is 0 Å². The van der Waals surface area contributed by atoms with Gasteiger partial charge in [-0.25, -0.2) is 4.98 Å². The molecule has 1 aromatic carbocycles. The average Bonchev–Trinajstić information content (AvgIpc) is 2.60. The fraction of sp³-hybridized carbons (Fsp3) is 0.471. The minimum atomic E-state index is -0.304. The zero-order valence-electron chi connectivity index (χ0n) is 14.3. The van der Waals surface area contributed by atoms with Gasteiger partial charge in [-0.2, -0.15) is 0 Å². The van der Waals surface area contributed by atoms with Gasteiger partial charge in [0.25, 0.3) is 5.56 Å². The van der Waals surface area contributed by atoms with Crippen molar-refractivity contribution in [1.82, 2.24) is 9.55 Å². The van der Waals surface area contributed by atoms with E-state index in [1.807, 2.05) is 13.0 Å². The second-order valence-corrected chi connectivity index (χ2v) is 7.23. The van der Waals surface area contributed by atoms with Gasteiger partial charge in [0.1, 0.15) is 0 Å². The van der Waals surface area contributed by atoms with Crippen molar-refractivity contribution in [3.63, 3.8) is 0 Å². The largest absolute Gasteiger partial charge is 0.465 e. The van der Waals surface area contributed by atoms with E-state index in [1.54, 1.807) is 23.8 Å². The van der Waals surface area contributed by atoms with Gasteiger partial charge < -0.3 is 9.47 Å². The lowest BCUT2D eigenvalue weighted by Crippen LogP contribution is -2.25. The Labute approximate surface area is 159 Å². The molecule has 0 atom stereocenters. The van der Waals surface area contributed by atoms with E-state index in [1.165, 1.54) is 11.8 Å². The molecule has 2 rings (SSSR count). The zero-order valence-corrected chi connectivity index (χ0v) is 16.7. The van der Waals surface area contributed by atoms with E-state index in [0.29, 0.717) is 35.8 Å². The Bertz CT molecular complexity index is 794. The Balaban J connectivity index is 2.25. The number of benzene rings is 1. The van der Waals surface area contributed by atoms with E-state index in [0.717, 1.165) is 17.3 Å². The minimum Gasteiger partial charge on any atom is -0.465 e. The van der Waals surface area contributed by atoms with Crippen molar-refractivity contribution in [2.45, 2.75) is 31.5 Å². The first-order valence-electron chi connectivity index (χ1n) is 8.04. The summed E-state index contributed by atoms with van der Waals surface area (Å²) < 4.78 is 12.6. The highest BCUT2D eigenvalue weighted by molar-refractivity contribution is 9.10. The Hall–Kier alpha value is -1.38. The van der Waals surface area contributed by atoms with Gasteiger partial charge in [-0.05, 0) is 24.6 Å². The lowest BCUT2D eigenvalue weighted by Gasteiger charge is -2.12. The van der Waals surface area contributed by atoms with Gasteiger partial charge in [0.15, 0.2) is 5.16 Å². The molecule has 1 aromatic heterocycles.